The molecule has 0 spiro atoms. The maximum atomic E-state index is 10.8. The van der Waals surface area contributed by atoms with Gasteiger partial charge in [-0.15, -0.1) is 0 Å². The second kappa shape index (κ2) is 5.70. The molecule has 1 aliphatic rings. The molecular weight excluding hydrogens is 250 g/mol. The molecule has 0 aromatic heterocycles. The predicted molar refractivity (Wildman–Crippen MR) is 83.1 cm³/mol. The van der Waals surface area contributed by atoms with Crippen molar-refractivity contribution in [2.75, 3.05) is 11.4 Å². The number of anilines is 1. The molecule has 1 aliphatic heterocycles. The van der Waals surface area contributed by atoms with Gasteiger partial charge >= 0.3 is 5.97 Å². The van der Waals surface area contributed by atoms with Crippen LogP contribution in [-0.2, 0) is 11.2 Å². The van der Waals surface area contributed by atoms with Gasteiger partial charge in [-0.1, -0.05) is 13.0 Å². The maximum absolute atomic E-state index is 10.8. The Hall–Kier alpha value is -1.77. The van der Waals surface area contributed by atoms with Crippen molar-refractivity contribution in [1.29, 1.82) is 0 Å². The molecule has 0 saturated carbocycles. The molecule has 0 aliphatic carbocycles. The molecule has 1 aromatic carbocycles. The average molecular weight is 273 g/mol. The number of nitrogens with zero attached hydrogens (tertiary/aromatic N) is 1. The highest BCUT2D eigenvalue weighted by atomic mass is 16.4. The van der Waals surface area contributed by atoms with Crippen molar-refractivity contribution in [2.24, 2.45) is 5.92 Å². The molecule has 0 fully saturated rings. The molecule has 1 heterocycles. The molecule has 1 unspecified atom stereocenters. The van der Waals surface area contributed by atoms with Crippen molar-refractivity contribution in [3.8, 4) is 0 Å². The van der Waals surface area contributed by atoms with Crippen molar-refractivity contribution in [3.63, 3.8) is 0 Å². The topological polar surface area (TPSA) is 40.5 Å². The van der Waals surface area contributed by atoms with Crippen LogP contribution in [0.1, 0.15) is 38.8 Å². The summed E-state index contributed by atoms with van der Waals surface area (Å²) < 4.78 is 0. The smallest absolute Gasteiger partial charge is 0.328 e. The zero-order chi connectivity index (χ0) is 14.9. The summed E-state index contributed by atoms with van der Waals surface area (Å²) in [5, 5.41) is 8.86. The van der Waals surface area contributed by atoms with Gasteiger partial charge in [0.2, 0.25) is 0 Å². The van der Waals surface area contributed by atoms with Crippen LogP contribution >= 0.6 is 0 Å². The summed E-state index contributed by atoms with van der Waals surface area (Å²) in [6, 6.07) is 6.79. The van der Waals surface area contributed by atoms with Crippen LogP contribution in [0.4, 0.5) is 5.69 Å². The van der Waals surface area contributed by atoms with E-state index in [9.17, 15) is 4.79 Å². The van der Waals surface area contributed by atoms with Crippen molar-refractivity contribution < 1.29 is 9.90 Å². The molecule has 3 nitrogen and oxygen atoms in total. The largest absolute Gasteiger partial charge is 0.478 e. The number of allylic oxidation sites excluding steroid dienone is 1. The van der Waals surface area contributed by atoms with Gasteiger partial charge in [-0.05, 0) is 61.9 Å². The summed E-state index contributed by atoms with van der Waals surface area (Å²) in [4.78, 5) is 13.2. The standard InChI is InChI=1S/C17H23NO2/c1-11(2)18-10-12(3)7-15-9-14(5-6-16(15)18)13(4)8-17(19)20/h5-6,8-9,11-12H,7,10H2,1-4H3,(H,19,20)/b13-8+. The second-order valence-electron chi connectivity index (χ2n) is 6.06. The van der Waals surface area contributed by atoms with E-state index >= 15 is 0 Å². The first-order chi connectivity index (χ1) is 9.38. The minimum absolute atomic E-state index is 0.484. The van der Waals surface area contributed by atoms with E-state index in [2.05, 4.69) is 37.8 Å². The van der Waals surface area contributed by atoms with E-state index in [0.717, 1.165) is 24.1 Å². The van der Waals surface area contributed by atoms with Crippen LogP contribution in [0.2, 0.25) is 0 Å². The Balaban J connectivity index is 2.40. The summed E-state index contributed by atoms with van der Waals surface area (Å²) >= 11 is 0. The van der Waals surface area contributed by atoms with Gasteiger partial charge in [0.1, 0.15) is 0 Å². The second-order valence-corrected chi connectivity index (χ2v) is 6.06. The number of hydrogen-bond acceptors (Lipinski definition) is 2. The van der Waals surface area contributed by atoms with Gasteiger partial charge in [0, 0.05) is 24.4 Å². The number of fused-ring (bicyclic) bond motifs is 1. The van der Waals surface area contributed by atoms with Crippen molar-refractivity contribution in [3.05, 3.63) is 35.4 Å². The Morgan fingerprint density at radius 2 is 2.15 bits per heavy atom. The molecule has 1 atom stereocenters. The van der Waals surface area contributed by atoms with Gasteiger partial charge in [-0.2, -0.15) is 0 Å². The molecule has 0 bridgehead atoms. The average Bonchev–Trinajstić information content (AvgIpc) is 2.35. The van der Waals surface area contributed by atoms with E-state index in [1.165, 1.54) is 17.3 Å². The Morgan fingerprint density at radius 3 is 2.75 bits per heavy atom. The van der Waals surface area contributed by atoms with E-state index in [1.54, 1.807) is 0 Å². The lowest BCUT2D eigenvalue weighted by Crippen LogP contribution is -2.39. The van der Waals surface area contributed by atoms with Gasteiger partial charge in [-0.3, -0.25) is 0 Å². The van der Waals surface area contributed by atoms with Crippen molar-refractivity contribution in [1.82, 2.24) is 0 Å². The Bertz CT molecular complexity index is 546. The van der Waals surface area contributed by atoms with E-state index < -0.39 is 5.97 Å². The third-order valence-electron chi connectivity index (χ3n) is 3.88. The third-order valence-corrected chi connectivity index (χ3v) is 3.88. The van der Waals surface area contributed by atoms with E-state index in [1.807, 2.05) is 13.0 Å². The normalized spacial score (nSPS) is 19.1. The Morgan fingerprint density at radius 1 is 1.45 bits per heavy atom. The summed E-state index contributed by atoms with van der Waals surface area (Å²) in [6.45, 7) is 9.64. The number of carbonyl (C=O) groups is 1. The lowest BCUT2D eigenvalue weighted by Gasteiger charge is -2.38. The molecule has 0 amide bonds. The SMILES string of the molecule is C/C(=C\C(=O)O)c1ccc2c(c1)CC(C)CN2C(C)C. The van der Waals surface area contributed by atoms with E-state index in [0.29, 0.717) is 12.0 Å². The van der Waals surface area contributed by atoms with Gasteiger partial charge < -0.3 is 10.0 Å². The highest BCUT2D eigenvalue weighted by Crippen LogP contribution is 2.33. The maximum Gasteiger partial charge on any atom is 0.328 e. The highest BCUT2D eigenvalue weighted by Gasteiger charge is 2.23. The summed E-state index contributed by atoms with van der Waals surface area (Å²) in [5.74, 6) is -0.263. The molecule has 2 rings (SSSR count). The number of aliphatic carboxylic acids is 1. The zero-order valence-corrected chi connectivity index (χ0v) is 12.7. The molecule has 0 radical (unpaired) electrons. The minimum Gasteiger partial charge on any atom is -0.478 e. The molecular formula is C17H23NO2. The summed E-state index contributed by atoms with van der Waals surface area (Å²) in [7, 11) is 0. The fourth-order valence-corrected chi connectivity index (χ4v) is 2.91. The lowest BCUT2D eigenvalue weighted by atomic mass is 9.90. The number of hydrogen-bond donors (Lipinski definition) is 1. The van der Waals surface area contributed by atoms with Crippen LogP contribution in [0.3, 0.4) is 0 Å². The Kier molecular flexibility index (Phi) is 4.17. The molecule has 3 heteroatoms. The first kappa shape index (κ1) is 14.6. The van der Waals surface area contributed by atoms with Gasteiger partial charge in [-0.25, -0.2) is 4.79 Å². The fraction of sp³-hybridized carbons (Fsp3) is 0.471. The van der Waals surface area contributed by atoms with Crippen LogP contribution in [0, 0.1) is 5.92 Å². The van der Waals surface area contributed by atoms with Crippen LogP contribution < -0.4 is 4.90 Å². The quantitative estimate of drug-likeness (QED) is 0.856. The summed E-state index contributed by atoms with van der Waals surface area (Å²) in [6.07, 6.45) is 2.33. The highest BCUT2D eigenvalue weighted by molar-refractivity contribution is 5.89. The Labute approximate surface area is 120 Å². The number of carboxylic acids is 1. The first-order valence-electron chi connectivity index (χ1n) is 7.19. The molecule has 1 N–H and O–H groups in total. The van der Waals surface area contributed by atoms with Crippen molar-refractivity contribution in [2.45, 2.75) is 40.2 Å². The minimum atomic E-state index is -0.891. The van der Waals surface area contributed by atoms with Crippen LogP contribution in [0.25, 0.3) is 5.57 Å². The number of benzene rings is 1. The van der Waals surface area contributed by atoms with Crippen LogP contribution in [-0.4, -0.2) is 23.7 Å². The van der Waals surface area contributed by atoms with E-state index in [4.69, 9.17) is 5.11 Å². The van der Waals surface area contributed by atoms with Gasteiger partial charge in [0.05, 0.1) is 0 Å². The van der Waals surface area contributed by atoms with Crippen LogP contribution in [0.15, 0.2) is 24.3 Å². The summed E-state index contributed by atoms with van der Waals surface area (Å²) in [5.41, 5.74) is 4.43. The monoisotopic (exact) mass is 273 g/mol. The molecule has 0 saturated heterocycles. The third kappa shape index (κ3) is 3.03. The first-order valence-corrected chi connectivity index (χ1v) is 7.19. The zero-order valence-electron chi connectivity index (χ0n) is 12.7. The predicted octanol–water partition coefficient (Wildman–Crippen LogP) is 3.58. The molecule has 1 aromatic rings. The fourth-order valence-electron chi connectivity index (χ4n) is 2.91. The molecule has 20 heavy (non-hydrogen) atoms. The lowest BCUT2D eigenvalue weighted by molar-refractivity contribution is -0.131. The van der Waals surface area contributed by atoms with Gasteiger partial charge in [0.25, 0.3) is 0 Å². The number of rotatable bonds is 3. The molecule has 108 valence electrons. The number of carboxylic acid groups (broad SMARTS) is 1. The van der Waals surface area contributed by atoms with E-state index in [-0.39, 0.29) is 0 Å². The van der Waals surface area contributed by atoms with Gasteiger partial charge in [0.15, 0.2) is 0 Å². The van der Waals surface area contributed by atoms with Crippen molar-refractivity contribution >= 4 is 17.2 Å². The van der Waals surface area contributed by atoms with Crippen LogP contribution in [0.5, 0.6) is 0 Å².